The molecule has 158 valence electrons. The summed E-state index contributed by atoms with van der Waals surface area (Å²) in [4.78, 5) is 28.2. The third-order valence-corrected chi connectivity index (χ3v) is 4.67. The number of amides is 1. The lowest BCUT2D eigenvalue weighted by molar-refractivity contribution is -0.142. The van der Waals surface area contributed by atoms with E-state index in [1.54, 1.807) is 13.8 Å². The molecule has 0 unspecified atom stereocenters. The van der Waals surface area contributed by atoms with Crippen molar-refractivity contribution in [1.29, 1.82) is 0 Å². The molecule has 1 aromatic rings. The number of ether oxygens (including phenoxy) is 1. The Morgan fingerprint density at radius 2 is 1.75 bits per heavy atom. The zero-order valence-corrected chi connectivity index (χ0v) is 16.8. The predicted molar refractivity (Wildman–Crippen MR) is 94.5 cm³/mol. The van der Waals surface area contributed by atoms with Crippen LogP contribution in [0.4, 0.5) is 26.7 Å². The van der Waals surface area contributed by atoms with Crippen LogP contribution in [0.5, 0.6) is 0 Å². The number of alkyl halides is 5. The number of methoxy groups -OCH3 is 1. The molecule has 1 rings (SSSR count). The second-order valence-electron chi connectivity index (χ2n) is 6.51. The highest BCUT2D eigenvalue weighted by molar-refractivity contribution is 8.12. The van der Waals surface area contributed by atoms with Gasteiger partial charge in [0.15, 0.2) is 0 Å². The highest BCUT2D eigenvalue weighted by Gasteiger charge is 2.40. The Morgan fingerprint density at radius 3 is 2.14 bits per heavy atom. The van der Waals surface area contributed by atoms with E-state index in [-0.39, 0.29) is 17.9 Å². The molecule has 0 radical (unpaired) electrons. The van der Waals surface area contributed by atoms with E-state index in [0.29, 0.717) is 11.8 Å². The molecule has 0 saturated carbocycles. The van der Waals surface area contributed by atoms with Crippen molar-refractivity contribution in [2.24, 2.45) is 5.92 Å². The number of nitrogens with zero attached hydrogens (tertiary/aromatic N) is 2. The van der Waals surface area contributed by atoms with Crippen LogP contribution in [0.3, 0.4) is 0 Å². The molecule has 0 bridgehead atoms. The van der Waals surface area contributed by atoms with E-state index in [0.717, 1.165) is 7.11 Å². The minimum Gasteiger partial charge on any atom is -0.465 e. The molecule has 11 heteroatoms. The molecule has 0 saturated heterocycles. The Bertz CT molecular complexity index is 736. The zero-order chi connectivity index (χ0) is 21.8. The van der Waals surface area contributed by atoms with Gasteiger partial charge in [-0.2, -0.15) is 13.2 Å². The monoisotopic (exact) mass is 428 g/mol. The standard InChI is InChI=1S/C17H21F5N2O3S/c1-8(2)6-9-10(7-28-16(26)24(3)4)13(17(20,21)22)23-12(14(18)19)11(9)15(25)27-5/h8,14H,6-7H2,1-5H3. The topological polar surface area (TPSA) is 59.5 Å². The van der Waals surface area contributed by atoms with E-state index in [4.69, 9.17) is 0 Å². The molecular weight excluding hydrogens is 407 g/mol. The lowest BCUT2D eigenvalue weighted by Gasteiger charge is -2.22. The van der Waals surface area contributed by atoms with Gasteiger partial charge in [0.05, 0.1) is 12.7 Å². The lowest BCUT2D eigenvalue weighted by atomic mass is 9.91. The summed E-state index contributed by atoms with van der Waals surface area (Å²) < 4.78 is 72.2. The summed E-state index contributed by atoms with van der Waals surface area (Å²) in [5, 5.41) is -0.527. The average Bonchev–Trinajstić information content (AvgIpc) is 2.56. The van der Waals surface area contributed by atoms with Crippen molar-refractivity contribution < 1.29 is 36.3 Å². The summed E-state index contributed by atoms with van der Waals surface area (Å²) in [6.07, 6.45) is -8.55. The van der Waals surface area contributed by atoms with Crippen molar-refractivity contribution in [2.75, 3.05) is 21.2 Å². The van der Waals surface area contributed by atoms with E-state index in [1.807, 2.05) is 0 Å². The maximum atomic E-state index is 13.6. The van der Waals surface area contributed by atoms with Gasteiger partial charge in [0.25, 0.3) is 11.7 Å². The van der Waals surface area contributed by atoms with Crippen molar-refractivity contribution in [3.05, 3.63) is 28.1 Å². The summed E-state index contributed by atoms with van der Waals surface area (Å²) >= 11 is 0.559. The Morgan fingerprint density at radius 1 is 1.18 bits per heavy atom. The van der Waals surface area contributed by atoms with E-state index in [1.165, 1.54) is 19.0 Å². The fourth-order valence-electron chi connectivity index (χ4n) is 2.47. The van der Waals surface area contributed by atoms with Crippen molar-refractivity contribution in [3.8, 4) is 0 Å². The maximum absolute atomic E-state index is 13.6. The number of carbonyl (C=O) groups is 2. The van der Waals surface area contributed by atoms with Crippen LogP contribution in [0, 0.1) is 5.92 Å². The van der Waals surface area contributed by atoms with Crippen molar-refractivity contribution >= 4 is 23.0 Å². The van der Waals surface area contributed by atoms with Crippen molar-refractivity contribution in [3.63, 3.8) is 0 Å². The molecule has 0 aliphatic heterocycles. The van der Waals surface area contributed by atoms with Crippen molar-refractivity contribution in [1.82, 2.24) is 9.88 Å². The molecule has 28 heavy (non-hydrogen) atoms. The summed E-state index contributed by atoms with van der Waals surface area (Å²) in [5.41, 5.74) is -4.16. The highest BCUT2D eigenvalue weighted by Crippen LogP contribution is 2.39. The molecule has 0 atom stereocenters. The van der Waals surface area contributed by atoms with Gasteiger partial charge in [0.1, 0.15) is 11.4 Å². The van der Waals surface area contributed by atoms with Gasteiger partial charge in [0, 0.05) is 19.8 Å². The van der Waals surface area contributed by atoms with E-state index >= 15 is 0 Å². The van der Waals surface area contributed by atoms with Gasteiger partial charge < -0.3 is 9.64 Å². The van der Waals surface area contributed by atoms with Gasteiger partial charge in [-0.3, -0.25) is 4.79 Å². The Balaban J connectivity index is 3.83. The maximum Gasteiger partial charge on any atom is 0.433 e. The zero-order valence-electron chi connectivity index (χ0n) is 16.0. The Labute approximate surface area is 163 Å². The first-order valence-electron chi connectivity index (χ1n) is 8.14. The summed E-state index contributed by atoms with van der Waals surface area (Å²) in [7, 11) is 3.79. The SMILES string of the molecule is COC(=O)c1c(C(F)F)nc(C(F)(F)F)c(CSC(=O)N(C)C)c1CC(C)C. The fraction of sp³-hybridized carbons (Fsp3) is 0.588. The average molecular weight is 428 g/mol. The molecule has 0 N–H and O–H groups in total. The molecule has 0 fully saturated rings. The molecule has 1 heterocycles. The number of esters is 1. The van der Waals surface area contributed by atoms with E-state index in [2.05, 4.69) is 9.72 Å². The van der Waals surface area contributed by atoms with Crippen LogP contribution in [0.1, 0.15) is 53.1 Å². The minimum absolute atomic E-state index is 0.0954. The number of rotatable bonds is 6. The number of pyridine rings is 1. The van der Waals surface area contributed by atoms with Gasteiger partial charge in [-0.15, -0.1) is 0 Å². The van der Waals surface area contributed by atoms with Crippen LogP contribution < -0.4 is 0 Å². The second-order valence-corrected chi connectivity index (χ2v) is 7.44. The highest BCUT2D eigenvalue weighted by atomic mass is 32.2. The third kappa shape index (κ3) is 5.79. The lowest BCUT2D eigenvalue weighted by Crippen LogP contribution is -2.23. The van der Waals surface area contributed by atoms with Gasteiger partial charge in [0.2, 0.25) is 0 Å². The largest absolute Gasteiger partial charge is 0.465 e. The first kappa shape index (κ1) is 24.1. The Hall–Kier alpha value is -1.91. The first-order valence-corrected chi connectivity index (χ1v) is 9.13. The number of halogens is 5. The van der Waals surface area contributed by atoms with Crippen LogP contribution in [0.2, 0.25) is 0 Å². The number of hydrogen-bond donors (Lipinski definition) is 0. The van der Waals surface area contributed by atoms with Gasteiger partial charge in [-0.05, 0) is 23.5 Å². The van der Waals surface area contributed by atoms with E-state index in [9.17, 15) is 31.5 Å². The second kappa shape index (κ2) is 9.53. The van der Waals surface area contributed by atoms with Gasteiger partial charge in [-0.25, -0.2) is 18.6 Å². The minimum atomic E-state index is -5.04. The number of thioether (sulfide) groups is 1. The van der Waals surface area contributed by atoms with Crippen LogP contribution >= 0.6 is 11.8 Å². The molecule has 1 aromatic heterocycles. The van der Waals surface area contributed by atoms with Crippen LogP contribution in [0.25, 0.3) is 0 Å². The van der Waals surface area contributed by atoms with Crippen LogP contribution in [-0.2, 0) is 23.1 Å². The van der Waals surface area contributed by atoms with Crippen LogP contribution in [-0.4, -0.2) is 42.3 Å². The summed E-state index contributed by atoms with van der Waals surface area (Å²) in [5.74, 6) is -1.93. The summed E-state index contributed by atoms with van der Waals surface area (Å²) in [6, 6.07) is 0. The number of aromatic nitrogens is 1. The molecule has 0 aliphatic rings. The smallest absolute Gasteiger partial charge is 0.433 e. The fourth-order valence-corrected chi connectivity index (χ4v) is 3.30. The molecule has 0 spiro atoms. The van der Waals surface area contributed by atoms with E-state index < -0.39 is 52.1 Å². The molecular formula is C17H21F5N2O3S. The number of hydrogen-bond acceptors (Lipinski definition) is 5. The van der Waals surface area contributed by atoms with Gasteiger partial charge >= 0.3 is 12.1 Å². The summed E-state index contributed by atoms with van der Waals surface area (Å²) in [6.45, 7) is 3.33. The van der Waals surface area contributed by atoms with Crippen LogP contribution in [0.15, 0.2) is 0 Å². The number of carbonyl (C=O) groups excluding carboxylic acids is 2. The molecule has 0 aliphatic carbocycles. The third-order valence-electron chi connectivity index (χ3n) is 3.62. The quantitative estimate of drug-likeness (QED) is 0.475. The van der Waals surface area contributed by atoms with Gasteiger partial charge in [-0.1, -0.05) is 25.6 Å². The predicted octanol–water partition coefficient (Wildman–Crippen LogP) is 4.94. The molecule has 5 nitrogen and oxygen atoms in total. The van der Waals surface area contributed by atoms with Crippen molar-refractivity contribution in [2.45, 2.75) is 38.6 Å². The Kier molecular flexibility index (Phi) is 8.21. The normalized spacial score (nSPS) is 11.9. The first-order chi connectivity index (χ1) is 12.8. The molecule has 1 amide bonds. The molecule has 0 aromatic carbocycles.